The highest BCUT2D eigenvalue weighted by atomic mass is 79.9. The summed E-state index contributed by atoms with van der Waals surface area (Å²) in [4.78, 5) is 26.5. The molecular formula is C21H15BrN2O4S. The van der Waals surface area contributed by atoms with Gasteiger partial charge in [0.1, 0.15) is 22.9 Å². The molecule has 1 saturated heterocycles. The monoisotopic (exact) mass is 470 g/mol. The smallest absolute Gasteiger partial charge is 0.266 e. The van der Waals surface area contributed by atoms with Gasteiger partial charge in [0.15, 0.2) is 5.11 Å². The number of benzene rings is 1. The molecule has 3 aromatic rings. The normalized spacial score (nSPS) is 15.9. The van der Waals surface area contributed by atoms with Crippen molar-refractivity contribution < 1.29 is 18.4 Å². The summed E-state index contributed by atoms with van der Waals surface area (Å²) >= 11 is 8.61. The summed E-state index contributed by atoms with van der Waals surface area (Å²) in [6.07, 6.45) is 2.93. The van der Waals surface area contributed by atoms with Crippen molar-refractivity contribution in [2.24, 2.45) is 0 Å². The Morgan fingerprint density at radius 2 is 2.03 bits per heavy atom. The third-order valence-corrected chi connectivity index (χ3v) is 5.65. The number of carbonyl (C=O) groups excluding carboxylic acids is 2. The van der Waals surface area contributed by atoms with Crippen LogP contribution in [0.2, 0.25) is 0 Å². The highest BCUT2D eigenvalue weighted by Gasteiger charge is 2.34. The third-order valence-electron chi connectivity index (χ3n) is 4.44. The average Bonchev–Trinajstić information content (AvgIpc) is 3.36. The maximum absolute atomic E-state index is 12.9. The number of furan rings is 2. The first-order valence-electron chi connectivity index (χ1n) is 8.70. The van der Waals surface area contributed by atoms with E-state index in [0.29, 0.717) is 17.3 Å². The number of carbonyl (C=O) groups is 2. The van der Waals surface area contributed by atoms with E-state index in [2.05, 4.69) is 21.2 Å². The summed E-state index contributed by atoms with van der Waals surface area (Å²) in [6, 6.07) is 12.8. The molecular weight excluding hydrogens is 456 g/mol. The molecule has 6 nitrogen and oxygen atoms in total. The minimum absolute atomic E-state index is 0.0408. The topological polar surface area (TPSA) is 75.7 Å². The van der Waals surface area contributed by atoms with Crippen LogP contribution in [0.1, 0.15) is 17.1 Å². The van der Waals surface area contributed by atoms with Crippen molar-refractivity contribution in [2.75, 3.05) is 0 Å². The Labute approximate surface area is 180 Å². The molecule has 146 valence electrons. The second kappa shape index (κ2) is 7.81. The summed E-state index contributed by atoms with van der Waals surface area (Å²) in [5, 5.41) is 2.58. The van der Waals surface area contributed by atoms with Gasteiger partial charge in [-0.2, -0.15) is 0 Å². The van der Waals surface area contributed by atoms with Crippen LogP contribution in [-0.2, 0) is 16.1 Å². The molecule has 0 aliphatic carbocycles. The third kappa shape index (κ3) is 3.94. The van der Waals surface area contributed by atoms with Crippen LogP contribution >= 0.6 is 28.1 Å². The zero-order valence-electron chi connectivity index (χ0n) is 15.3. The number of nitrogens with zero attached hydrogens (tertiary/aromatic N) is 1. The van der Waals surface area contributed by atoms with Crippen molar-refractivity contribution in [1.82, 2.24) is 10.2 Å². The zero-order chi connectivity index (χ0) is 20.5. The second-order valence-electron chi connectivity index (χ2n) is 6.45. The summed E-state index contributed by atoms with van der Waals surface area (Å²) in [6.45, 7) is 2.12. The van der Waals surface area contributed by atoms with E-state index < -0.39 is 11.8 Å². The first-order chi connectivity index (χ1) is 13.9. The van der Waals surface area contributed by atoms with Gasteiger partial charge in [0.25, 0.3) is 11.8 Å². The lowest BCUT2D eigenvalue weighted by atomic mass is 10.1. The lowest BCUT2D eigenvalue weighted by Crippen LogP contribution is -2.53. The SMILES string of the molecule is Cc1cc(-c2ccc(/C=C3/C(=O)NC(=S)N(Cc4ccco4)C3=O)o2)ccc1Br. The second-order valence-corrected chi connectivity index (χ2v) is 7.69. The molecule has 1 aromatic carbocycles. The quantitative estimate of drug-likeness (QED) is 0.346. The molecule has 29 heavy (non-hydrogen) atoms. The minimum atomic E-state index is -0.562. The highest BCUT2D eigenvalue weighted by molar-refractivity contribution is 9.10. The molecule has 4 rings (SSSR count). The molecule has 2 aromatic heterocycles. The van der Waals surface area contributed by atoms with E-state index in [-0.39, 0.29) is 17.2 Å². The molecule has 1 aliphatic rings. The first-order valence-corrected chi connectivity index (χ1v) is 9.90. The average molecular weight is 471 g/mol. The van der Waals surface area contributed by atoms with Crippen LogP contribution in [0.3, 0.4) is 0 Å². The van der Waals surface area contributed by atoms with Gasteiger partial charge in [-0.15, -0.1) is 0 Å². The number of rotatable bonds is 4. The van der Waals surface area contributed by atoms with Crippen LogP contribution in [0.25, 0.3) is 17.4 Å². The number of hydrogen-bond acceptors (Lipinski definition) is 5. The Hall–Kier alpha value is -2.97. The number of hydrogen-bond donors (Lipinski definition) is 1. The fourth-order valence-corrected chi connectivity index (χ4v) is 3.41. The highest BCUT2D eigenvalue weighted by Crippen LogP contribution is 2.28. The van der Waals surface area contributed by atoms with Crippen LogP contribution < -0.4 is 5.32 Å². The Morgan fingerprint density at radius 3 is 2.76 bits per heavy atom. The van der Waals surface area contributed by atoms with Crippen LogP contribution in [0.4, 0.5) is 0 Å². The molecule has 1 N–H and O–H groups in total. The van der Waals surface area contributed by atoms with E-state index >= 15 is 0 Å². The van der Waals surface area contributed by atoms with Crippen LogP contribution in [0.5, 0.6) is 0 Å². The number of nitrogens with one attached hydrogen (secondary N) is 1. The van der Waals surface area contributed by atoms with Gasteiger partial charge in [-0.25, -0.2) is 0 Å². The first kappa shape index (κ1) is 19.4. The maximum atomic E-state index is 12.9. The molecule has 0 bridgehead atoms. The van der Waals surface area contributed by atoms with Crippen molar-refractivity contribution in [1.29, 1.82) is 0 Å². The molecule has 0 radical (unpaired) electrons. The summed E-state index contributed by atoms with van der Waals surface area (Å²) in [5.74, 6) is 0.520. The molecule has 8 heteroatoms. The molecule has 0 saturated carbocycles. The Balaban J connectivity index is 1.61. The van der Waals surface area contributed by atoms with Gasteiger partial charge in [-0.1, -0.05) is 22.0 Å². The fraction of sp³-hybridized carbons (Fsp3) is 0.0952. The number of thiocarbonyl (C=S) groups is 1. The van der Waals surface area contributed by atoms with Gasteiger partial charge < -0.3 is 8.83 Å². The summed E-state index contributed by atoms with van der Waals surface area (Å²) in [5.41, 5.74) is 1.91. The van der Waals surface area contributed by atoms with Crippen LogP contribution in [0, 0.1) is 6.92 Å². The van der Waals surface area contributed by atoms with Crippen LogP contribution in [-0.4, -0.2) is 21.8 Å². The number of aryl methyl sites for hydroxylation is 1. The van der Waals surface area contributed by atoms with E-state index in [0.717, 1.165) is 15.6 Å². The predicted octanol–water partition coefficient (Wildman–Crippen LogP) is 4.44. The summed E-state index contributed by atoms with van der Waals surface area (Å²) < 4.78 is 12.1. The molecule has 0 unspecified atom stereocenters. The van der Waals surface area contributed by atoms with Crippen molar-refractivity contribution in [3.05, 3.63) is 75.9 Å². The van der Waals surface area contributed by atoms with E-state index in [9.17, 15) is 9.59 Å². The molecule has 1 aliphatic heterocycles. The molecule has 2 amide bonds. The molecule has 0 atom stereocenters. The van der Waals surface area contributed by atoms with Crippen molar-refractivity contribution in [3.8, 4) is 11.3 Å². The van der Waals surface area contributed by atoms with Crippen LogP contribution in [0.15, 0.2) is 67.6 Å². The van der Waals surface area contributed by atoms with E-state index in [1.54, 1.807) is 24.3 Å². The molecule has 0 spiro atoms. The van der Waals surface area contributed by atoms with Gasteiger partial charge in [0, 0.05) is 10.0 Å². The van der Waals surface area contributed by atoms with Gasteiger partial charge in [0.2, 0.25) is 0 Å². The summed E-state index contributed by atoms with van der Waals surface area (Å²) in [7, 11) is 0. The van der Waals surface area contributed by atoms with E-state index in [1.807, 2.05) is 25.1 Å². The van der Waals surface area contributed by atoms with Crippen molar-refractivity contribution in [3.63, 3.8) is 0 Å². The maximum Gasteiger partial charge on any atom is 0.266 e. The Morgan fingerprint density at radius 1 is 1.21 bits per heavy atom. The number of amides is 2. The predicted molar refractivity (Wildman–Crippen MR) is 115 cm³/mol. The largest absolute Gasteiger partial charge is 0.467 e. The van der Waals surface area contributed by atoms with E-state index in [4.69, 9.17) is 21.1 Å². The zero-order valence-corrected chi connectivity index (χ0v) is 17.7. The van der Waals surface area contributed by atoms with Crippen molar-refractivity contribution in [2.45, 2.75) is 13.5 Å². The van der Waals surface area contributed by atoms with Crippen molar-refractivity contribution >= 4 is 51.2 Å². The molecule has 3 heterocycles. The lowest BCUT2D eigenvalue weighted by molar-refractivity contribution is -0.129. The fourth-order valence-electron chi connectivity index (χ4n) is 2.92. The number of halogens is 1. The Kier molecular flexibility index (Phi) is 5.21. The van der Waals surface area contributed by atoms with Gasteiger partial charge in [0.05, 0.1) is 12.8 Å². The van der Waals surface area contributed by atoms with Gasteiger partial charge in [-0.3, -0.25) is 19.8 Å². The van der Waals surface area contributed by atoms with Gasteiger partial charge >= 0.3 is 0 Å². The molecule has 1 fully saturated rings. The van der Waals surface area contributed by atoms with E-state index in [1.165, 1.54) is 17.2 Å². The standard InChI is InChI=1S/C21H15BrN2O4S/c1-12-9-13(4-6-17(12)22)18-7-5-14(28-18)10-16-19(25)23-21(29)24(20(16)26)11-15-3-2-8-27-15/h2-10H,11H2,1H3,(H,23,25,29)/b16-10-. The lowest BCUT2D eigenvalue weighted by Gasteiger charge is -2.27. The minimum Gasteiger partial charge on any atom is -0.467 e. The van der Waals surface area contributed by atoms with Gasteiger partial charge in [-0.05, 0) is 67.2 Å². The Bertz CT molecular complexity index is 1150.